The number of carbonyl (C=O) groups excluding carboxylic acids is 2. The number of aromatic nitrogens is 3. The molecule has 0 aromatic carbocycles. The molecule has 10 nitrogen and oxygen atoms in total. The van der Waals surface area contributed by atoms with Gasteiger partial charge < -0.3 is 24.6 Å². The van der Waals surface area contributed by atoms with E-state index in [1.165, 1.54) is 24.7 Å². The van der Waals surface area contributed by atoms with Crippen molar-refractivity contribution in [1.82, 2.24) is 20.3 Å². The van der Waals surface area contributed by atoms with E-state index in [1.807, 2.05) is 13.8 Å². The number of hydrogen-bond donors (Lipinski definition) is 2. The van der Waals surface area contributed by atoms with Crippen molar-refractivity contribution in [3.8, 4) is 11.6 Å². The molecule has 160 valence electrons. The third-order valence-electron chi connectivity index (χ3n) is 4.39. The van der Waals surface area contributed by atoms with E-state index in [-0.39, 0.29) is 35.1 Å². The molecule has 3 rings (SSSR count). The van der Waals surface area contributed by atoms with Gasteiger partial charge in [0.05, 0.1) is 13.2 Å². The molecular formula is C19H23N5O5S. The SMILES string of the molecule is COC(=O)c1coc([C@H](C)NC(=O)c2nc(-c3csc([C@@H](N)C(C)C)n3)oc2C)n1. The summed E-state index contributed by atoms with van der Waals surface area (Å²) < 4.78 is 15.5. The maximum Gasteiger partial charge on any atom is 0.360 e. The van der Waals surface area contributed by atoms with Gasteiger partial charge in [-0.25, -0.2) is 19.7 Å². The molecule has 1 amide bonds. The fraction of sp³-hybridized carbons (Fsp3) is 0.421. The smallest absolute Gasteiger partial charge is 0.360 e. The highest BCUT2D eigenvalue weighted by molar-refractivity contribution is 7.10. The number of carbonyl (C=O) groups is 2. The van der Waals surface area contributed by atoms with Crippen LogP contribution in [0.3, 0.4) is 0 Å². The van der Waals surface area contributed by atoms with E-state index in [4.69, 9.17) is 14.6 Å². The van der Waals surface area contributed by atoms with Gasteiger partial charge in [-0.2, -0.15) is 0 Å². The Balaban J connectivity index is 1.74. The maximum absolute atomic E-state index is 12.7. The van der Waals surface area contributed by atoms with Gasteiger partial charge in [0.15, 0.2) is 11.4 Å². The summed E-state index contributed by atoms with van der Waals surface area (Å²) in [5, 5.41) is 5.30. The van der Waals surface area contributed by atoms with Crippen LogP contribution < -0.4 is 11.1 Å². The van der Waals surface area contributed by atoms with Crippen LogP contribution in [0.1, 0.15) is 70.5 Å². The van der Waals surface area contributed by atoms with Crippen molar-refractivity contribution in [2.45, 2.75) is 39.8 Å². The van der Waals surface area contributed by atoms with E-state index < -0.39 is 17.9 Å². The molecule has 0 radical (unpaired) electrons. The molecule has 11 heteroatoms. The van der Waals surface area contributed by atoms with Gasteiger partial charge in [0.1, 0.15) is 28.8 Å². The van der Waals surface area contributed by atoms with Crippen LogP contribution in [0.5, 0.6) is 0 Å². The predicted octanol–water partition coefficient (Wildman–Crippen LogP) is 3.03. The molecule has 3 aromatic rings. The first-order chi connectivity index (χ1) is 14.2. The summed E-state index contributed by atoms with van der Waals surface area (Å²) in [6, 6.07) is -0.788. The van der Waals surface area contributed by atoms with Crippen molar-refractivity contribution < 1.29 is 23.2 Å². The number of rotatable bonds is 7. The Bertz CT molecular complexity index is 1050. The third-order valence-corrected chi connectivity index (χ3v) is 5.34. The molecule has 0 saturated carbocycles. The number of ether oxygens (including phenoxy) is 1. The first kappa shape index (κ1) is 21.7. The normalized spacial score (nSPS) is 13.3. The fourth-order valence-electron chi connectivity index (χ4n) is 2.55. The summed E-state index contributed by atoms with van der Waals surface area (Å²) >= 11 is 1.42. The third kappa shape index (κ3) is 4.41. The Morgan fingerprint density at radius 3 is 2.63 bits per heavy atom. The molecule has 0 spiro atoms. The van der Waals surface area contributed by atoms with Gasteiger partial charge in [0.25, 0.3) is 5.91 Å². The molecule has 0 fully saturated rings. The lowest BCUT2D eigenvalue weighted by Gasteiger charge is -2.11. The Morgan fingerprint density at radius 1 is 1.23 bits per heavy atom. The van der Waals surface area contributed by atoms with E-state index in [1.54, 1.807) is 19.2 Å². The monoisotopic (exact) mass is 433 g/mol. The molecule has 0 bridgehead atoms. The standard InChI is InChI=1S/C19H23N5O5S/c1-8(2)13(20)18-23-12(7-30-18)17-24-14(10(4)29-17)15(25)21-9(3)16-22-11(6-28-16)19(26)27-5/h6-9,13H,20H2,1-5H3,(H,21,25)/t9-,13-/m0/s1. The number of nitrogens with two attached hydrogens (primary N) is 1. The van der Waals surface area contributed by atoms with Gasteiger partial charge in [0, 0.05) is 5.38 Å². The minimum absolute atomic E-state index is 0.0208. The summed E-state index contributed by atoms with van der Waals surface area (Å²) in [5.41, 5.74) is 6.81. The van der Waals surface area contributed by atoms with Gasteiger partial charge in [-0.15, -0.1) is 11.3 Å². The lowest BCUT2D eigenvalue weighted by molar-refractivity contribution is 0.0594. The number of nitrogens with zero attached hydrogens (tertiary/aromatic N) is 3. The molecule has 0 aliphatic heterocycles. The first-order valence-corrected chi connectivity index (χ1v) is 10.1. The van der Waals surface area contributed by atoms with Gasteiger partial charge in [0.2, 0.25) is 11.8 Å². The van der Waals surface area contributed by atoms with E-state index in [0.717, 1.165) is 5.01 Å². The molecule has 3 heterocycles. The average molecular weight is 433 g/mol. The quantitative estimate of drug-likeness (QED) is 0.537. The van der Waals surface area contributed by atoms with E-state index in [9.17, 15) is 9.59 Å². The van der Waals surface area contributed by atoms with Crippen LogP contribution in [0.4, 0.5) is 0 Å². The van der Waals surface area contributed by atoms with Crippen LogP contribution in [-0.4, -0.2) is 33.9 Å². The molecule has 2 atom stereocenters. The summed E-state index contributed by atoms with van der Waals surface area (Å²) in [5.74, 6) is -0.0969. The van der Waals surface area contributed by atoms with Crippen LogP contribution >= 0.6 is 11.3 Å². The molecule has 0 unspecified atom stereocenters. The summed E-state index contributed by atoms with van der Waals surface area (Å²) in [7, 11) is 1.24. The number of oxazole rings is 2. The van der Waals surface area contributed by atoms with Crippen LogP contribution in [0.2, 0.25) is 0 Å². The maximum atomic E-state index is 12.7. The minimum Gasteiger partial charge on any atom is -0.464 e. The minimum atomic E-state index is -0.625. The first-order valence-electron chi connectivity index (χ1n) is 9.24. The van der Waals surface area contributed by atoms with E-state index >= 15 is 0 Å². The van der Waals surface area contributed by atoms with Crippen molar-refractivity contribution in [1.29, 1.82) is 0 Å². The summed E-state index contributed by atoms with van der Waals surface area (Å²) in [6.07, 6.45) is 1.17. The number of hydrogen-bond acceptors (Lipinski definition) is 10. The topological polar surface area (TPSA) is 146 Å². The van der Waals surface area contributed by atoms with Crippen molar-refractivity contribution in [3.63, 3.8) is 0 Å². The number of amides is 1. The number of aryl methyl sites for hydroxylation is 1. The number of esters is 1. The fourth-order valence-corrected chi connectivity index (χ4v) is 3.52. The van der Waals surface area contributed by atoms with Gasteiger partial charge in [-0.05, 0) is 19.8 Å². The molecule has 0 aliphatic carbocycles. The number of thiazole rings is 1. The van der Waals surface area contributed by atoms with Crippen LogP contribution in [0.25, 0.3) is 11.6 Å². The van der Waals surface area contributed by atoms with Gasteiger partial charge in [-0.1, -0.05) is 13.8 Å². The second-order valence-corrected chi connectivity index (χ2v) is 7.91. The molecule has 30 heavy (non-hydrogen) atoms. The summed E-state index contributed by atoms with van der Waals surface area (Å²) in [4.78, 5) is 36.9. The van der Waals surface area contributed by atoms with E-state index in [0.29, 0.717) is 11.5 Å². The zero-order valence-corrected chi connectivity index (χ0v) is 18.1. The number of nitrogens with one attached hydrogen (secondary N) is 1. The van der Waals surface area contributed by atoms with Crippen LogP contribution in [0.15, 0.2) is 20.5 Å². The number of methoxy groups -OCH3 is 1. The zero-order chi connectivity index (χ0) is 22.0. The lowest BCUT2D eigenvalue weighted by Crippen LogP contribution is -2.27. The van der Waals surface area contributed by atoms with Crippen LogP contribution in [0, 0.1) is 12.8 Å². The van der Waals surface area contributed by atoms with Crippen molar-refractivity contribution >= 4 is 23.2 Å². The summed E-state index contributed by atoms with van der Waals surface area (Å²) in [6.45, 7) is 7.35. The van der Waals surface area contributed by atoms with Crippen molar-refractivity contribution in [2.75, 3.05) is 7.11 Å². The second kappa shape index (κ2) is 8.76. The molecule has 3 aromatic heterocycles. The van der Waals surface area contributed by atoms with Crippen molar-refractivity contribution in [3.05, 3.63) is 39.7 Å². The van der Waals surface area contributed by atoms with Gasteiger partial charge >= 0.3 is 5.97 Å². The van der Waals surface area contributed by atoms with Crippen molar-refractivity contribution in [2.24, 2.45) is 11.7 Å². The lowest BCUT2D eigenvalue weighted by atomic mass is 10.1. The molecule has 0 saturated heterocycles. The highest BCUT2D eigenvalue weighted by Crippen LogP contribution is 2.28. The molecular weight excluding hydrogens is 410 g/mol. The predicted molar refractivity (Wildman–Crippen MR) is 108 cm³/mol. The average Bonchev–Trinajstić information content (AvgIpc) is 3.45. The van der Waals surface area contributed by atoms with Crippen LogP contribution in [-0.2, 0) is 4.74 Å². The van der Waals surface area contributed by atoms with E-state index in [2.05, 4.69) is 25.0 Å². The Labute approximate surface area is 176 Å². The Hall–Kier alpha value is -3.05. The Morgan fingerprint density at radius 2 is 1.97 bits per heavy atom. The van der Waals surface area contributed by atoms with Gasteiger partial charge in [-0.3, -0.25) is 4.79 Å². The molecule has 3 N–H and O–H groups in total. The highest BCUT2D eigenvalue weighted by atomic mass is 32.1. The Kier molecular flexibility index (Phi) is 6.32. The second-order valence-electron chi connectivity index (χ2n) is 7.02. The zero-order valence-electron chi connectivity index (χ0n) is 17.3. The molecule has 0 aliphatic rings. The highest BCUT2D eigenvalue weighted by Gasteiger charge is 2.24. The largest absolute Gasteiger partial charge is 0.464 e.